The lowest BCUT2D eigenvalue weighted by Gasteiger charge is -2.34. The van der Waals surface area contributed by atoms with E-state index in [1.165, 1.54) is 6.07 Å². The van der Waals surface area contributed by atoms with Gasteiger partial charge >= 0.3 is 0 Å². The van der Waals surface area contributed by atoms with E-state index in [2.05, 4.69) is 10.6 Å². The van der Waals surface area contributed by atoms with Gasteiger partial charge in [-0.15, -0.1) is 0 Å². The first-order valence-corrected chi connectivity index (χ1v) is 12.1. The highest BCUT2D eigenvalue weighted by Crippen LogP contribution is 2.23. The zero-order valence-electron chi connectivity index (χ0n) is 20.2. The summed E-state index contributed by atoms with van der Waals surface area (Å²) in [5.74, 6) is -1.13. The van der Waals surface area contributed by atoms with Crippen LogP contribution in [0.1, 0.15) is 45.9 Å². The molecule has 186 valence electrons. The molecule has 3 aromatic rings. The van der Waals surface area contributed by atoms with Crippen LogP contribution < -0.4 is 10.6 Å². The van der Waals surface area contributed by atoms with Gasteiger partial charge in [-0.1, -0.05) is 60.7 Å². The Balaban J connectivity index is 1.36. The Kier molecular flexibility index (Phi) is 8.10. The minimum atomic E-state index is -0.819. The van der Waals surface area contributed by atoms with Crippen LogP contribution >= 0.6 is 0 Å². The number of rotatable bonds is 7. The number of amides is 3. The largest absolute Gasteiger partial charge is 0.352 e. The summed E-state index contributed by atoms with van der Waals surface area (Å²) in [6.07, 6.45) is 1.04. The first-order chi connectivity index (χ1) is 17.4. The molecule has 0 spiro atoms. The Morgan fingerprint density at radius 1 is 0.944 bits per heavy atom. The molecular weight excluding hydrogens is 457 g/mol. The van der Waals surface area contributed by atoms with Gasteiger partial charge in [-0.2, -0.15) is 0 Å². The fourth-order valence-corrected chi connectivity index (χ4v) is 4.36. The smallest absolute Gasteiger partial charge is 0.252 e. The number of piperidine rings is 1. The molecule has 1 aliphatic heterocycles. The zero-order valence-corrected chi connectivity index (χ0v) is 20.2. The summed E-state index contributed by atoms with van der Waals surface area (Å²) >= 11 is 0. The maximum atomic E-state index is 13.8. The summed E-state index contributed by atoms with van der Waals surface area (Å²) in [6, 6.07) is 22.1. The van der Waals surface area contributed by atoms with Crippen molar-refractivity contribution in [3.63, 3.8) is 0 Å². The second kappa shape index (κ2) is 11.6. The lowest BCUT2D eigenvalue weighted by atomic mass is 9.94. The van der Waals surface area contributed by atoms with Gasteiger partial charge in [0, 0.05) is 31.1 Å². The van der Waals surface area contributed by atoms with Gasteiger partial charge in [0.25, 0.3) is 5.91 Å². The summed E-state index contributed by atoms with van der Waals surface area (Å²) in [4.78, 5) is 40.7. The average Bonchev–Trinajstić information content (AvgIpc) is 2.92. The predicted octanol–water partition coefficient (Wildman–Crippen LogP) is 4.16. The molecule has 2 N–H and O–H groups in total. The molecule has 1 fully saturated rings. The van der Waals surface area contributed by atoms with Gasteiger partial charge in [-0.3, -0.25) is 14.4 Å². The minimum Gasteiger partial charge on any atom is -0.352 e. The number of hydrogen-bond acceptors (Lipinski definition) is 3. The Labute approximate surface area is 210 Å². The lowest BCUT2D eigenvalue weighted by Crippen LogP contribution is -2.47. The van der Waals surface area contributed by atoms with Crippen LogP contribution in [-0.4, -0.2) is 35.7 Å². The normalized spacial score (nSPS) is 14.7. The third-order valence-corrected chi connectivity index (χ3v) is 6.57. The summed E-state index contributed by atoms with van der Waals surface area (Å²) in [6.45, 7) is 2.79. The maximum absolute atomic E-state index is 13.8. The second-order valence-electron chi connectivity index (χ2n) is 9.08. The van der Waals surface area contributed by atoms with E-state index >= 15 is 0 Å². The molecule has 6 nitrogen and oxygen atoms in total. The van der Waals surface area contributed by atoms with Gasteiger partial charge in [0.1, 0.15) is 11.9 Å². The monoisotopic (exact) mass is 487 g/mol. The molecule has 0 bridgehead atoms. The van der Waals surface area contributed by atoms with Gasteiger partial charge < -0.3 is 15.5 Å². The van der Waals surface area contributed by atoms with E-state index in [-0.39, 0.29) is 36.0 Å². The Morgan fingerprint density at radius 2 is 1.58 bits per heavy atom. The summed E-state index contributed by atoms with van der Waals surface area (Å²) in [5.41, 5.74) is 2.46. The zero-order chi connectivity index (χ0) is 25.5. The molecule has 0 saturated carbocycles. The van der Waals surface area contributed by atoms with Gasteiger partial charge in [0.05, 0.1) is 0 Å². The number of benzene rings is 3. The van der Waals surface area contributed by atoms with E-state index < -0.39 is 6.04 Å². The first-order valence-electron chi connectivity index (χ1n) is 12.1. The average molecular weight is 488 g/mol. The molecule has 1 atom stereocenters. The van der Waals surface area contributed by atoms with Crippen LogP contribution in [0, 0.1) is 18.7 Å². The van der Waals surface area contributed by atoms with E-state index in [1.807, 2.05) is 36.4 Å². The molecule has 3 aromatic carbocycles. The SMILES string of the molecule is Cc1ccc(CNC(=O)C2CCN(C(=O)C(NC(=O)c3ccccc3)c3ccccc3)CC2)cc1F. The maximum Gasteiger partial charge on any atom is 0.252 e. The molecule has 1 heterocycles. The molecule has 0 aromatic heterocycles. The third kappa shape index (κ3) is 6.16. The van der Waals surface area contributed by atoms with Gasteiger partial charge in [0.2, 0.25) is 11.8 Å². The second-order valence-corrected chi connectivity index (χ2v) is 9.08. The molecule has 3 amide bonds. The molecule has 36 heavy (non-hydrogen) atoms. The molecule has 0 aliphatic carbocycles. The third-order valence-electron chi connectivity index (χ3n) is 6.57. The molecule has 1 unspecified atom stereocenters. The van der Waals surface area contributed by atoms with E-state index in [4.69, 9.17) is 0 Å². The van der Waals surface area contributed by atoms with Crippen LogP contribution in [0.25, 0.3) is 0 Å². The van der Waals surface area contributed by atoms with Crippen LogP contribution in [0.4, 0.5) is 4.39 Å². The highest BCUT2D eigenvalue weighted by molar-refractivity contribution is 5.97. The predicted molar refractivity (Wildman–Crippen MR) is 135 cm³/mol. The van der Waals surface area contributed by atoms with Crippen molar-refractivity contribution in [2.75, 3.05) is 13.1 Å². The van der Waals surface area contributed by atoms with Crippen LogP contribution in [0.5, 0.6) is 0 Å². The van der Waals surface area contributed by atoms with Crippen LogP contribution in [-0.2, 0) is 16.1 Å². The number of hydrogen-bond donors (Lipinski definition) is 2. The molecule has 1 saturated heterocycles. The van der Waals surface area contributed by atoms with Gasteiger partial charge in [0.15, 0.2) is 0 Å². The van der Waals surface area contributed by atoms with Crippen molar-refractivity contribution < 1.29 is 18.8 Å². The minimum absolute atomic E-state index is 0.0972. The molecule has 7 heteroatoms. The molecule has 0 radical (unpaired) electrons. The van der Waals surface area contributed by atoms with Crippen LogP contribution in [0.15, 0.2) is 78.9 Å². The van der Waals surface area contributed by atoms with Gasteiger partial charge in [-0.25, -0.2) is 4.39 Å². The topological polar surface area (TPSA) is 78.5 Å². The number of carbonyl (C=O) groups excluding carboxylic acids is 3. The molecular formula is C29H30FN3O3. The summed E-state index contributed by atoms with van der Waals surface area (Å²) < 4.78 is 13.8. The summed E-state index contributed by atoms with van der Waals surface area (Å²) in [5, 5.41) is 5.77. The highest BCUT2D eigenvalue weighted by atomic mass is 19.1. The number of carbonyl (C=O) groups is 3. The van der Waals surface area contributed by atoms with E-state index in [1.54, 1.807) is 48.2 Å². The standard InChI is InChI=1S/C29H30FN3O3/c1-20-12-13-21(18-25(20)30)19-31-27(34)24-14-16-33(17-15-24)29(36)26(22-8-4-2-5-9-22)32-28(35)23-10-6-3-7-11-23/h2-13,18,24,26H,14-17,19H2,1H3,(H,31,34)(H,32,35). The number of likely N-dealkylation sites (tertiary alicyclic amines) is 1. The van der Waals surface area contributed by atoms with Gasteiger partial charge in [-0.05, 0) is 54.7 Å². The quantitative estimate of drug-likeness (QED) is 0.525. The van der Waals surface area contributed by atoms with Crippen LogP contribution in [0.3, 0.4) is 0 Å². The Morgan fingerprint density at radius 3 is 2.22 bits per heavy atom. The van der Waals surface area contributed by atoms with Crippen molar-refractivity contribution in [2.24, 2.45) is 5.92 Å². The fraction of sp³-hybridized carbons (Fsp3) is 0.276. The van der Waals surface area contributed by atoms with E-state index in [9.17, 15) is 18.8 Å². The van der Waals surface area contributed by atoms with Crippen molar-refractivity contribution in [2.45, 2.75) is 32.4 Å². The highest BCUT2D eigenvalue weighted by Gasteiger charge is 2.32. The van der Waals surface area contributed by atoms with Crippen molar-refractivity contribution in [1.82, 2.24) is 15.5 Å². The van der Waals surface area contributed by atoms with E-state index in [0.717, 1.165) is 0 Å². The lowest BCUT2D eigenvalue weighted by molar-refractivity contribution is -0.137. The first kappa shape index (κ1) is 25.1. The molecule has 4 rings (SSSR count). The van der Waals surface area contributed by atoms with Crippen molar-refractivity contribution in [3.05, 3.63) is 107 Å². The number of aryl methyl sites for hydroxylation is 1. The van der Waals surface area contributed by atoms with E-state index in [0.29, 0.717) is 48.2 Å². The van der Waals surface area contributed by atoms with Crippen molar-refractivity contribution in [3.8, 4) is 0 Å². The van der Waals surface area contributed by atoms with Crippen molar-refractivity contribution >= 4 is 17.7 Å². The fourth-order valence-electron chi connectivity index (χ4n) is 4.36. The van der Waals surface area contributed by atoms with Crippen molar-refractivity contribution in [1.29, 1.82) is 0 Å². The molecule has 1 aliphatic rings. The number of nitrogens with one attached hydrogen (secondary N) is 2. The Bertz CT molecular complexity index is 1210. The van der Waals surface area contributed by atoms with Crippen LogP contribution in [0.2, 0.25) is 0 Å². The number of nitrogens with zero attached hydrogens (tertiary/aromatic N) is 1. The number of halogens is 1. The summed E-state index contributed by atoms with van der Waals surface area (Å²) in [7, 11) is 0. The Hall–Kier alpha value is -4.00.